The smallest absolute Gasteiger partial charge is 0.215 e. The van der Waals surface area contributed by atoms with Gasteiger partial charge in [-0.2, -0.15) is 17.0 Å². The van der Waals surface area contributed by atoms with Gasteiger partial charge in [0.1, 0.15) is 0 Å². The van der Waals surface area contributed by atoms with E-state index in [-0.39, 0.29) is 5.37 Å². The molecule has 0 aliphatic carbocycles. The summed E-state index contributed by atoms with van der Waals surface area (Å²) in [6, 6.07) is 0. The van der Waals surface area contributed by atoms with Crippen molar-refractivity contribution < 1.29 is 0 Å². The molecule has 52 valence electrons. The van der Waals surface area contributed by atoms with E-state index in [4.69, 9.17) is 5.73 Å². The van der Waals surface area contributed by atoms with E-state index in [9.17, 15) is 0 Å². The molecule has 0 aromatic rings. The molecule has 9 heavy (non-hydrogen) atoms. The predicted molar refractivity (Wildman–Crippen MR) is 47.1 cm³/mol. The number of rotatable bonds is 1. The predicted octanol–water partition coefficient (Wildman–Crippen LogP) is 1.10. The average Bonchev–Trinajstić information content (AvgIpc) is 2.13. The molecule has 3 nitrogen and oxygen atoms in total. The third-order valence-corrected chi connectivity index (χ3v) is 3.09. The molecule has 0 saturated carbocycles. The van der Waals surface area contributed by atoms with Crippen molar-refractivity contribution in [2.75, 3.05) is 0 Å². The second-order valence-electron chi connectivity index (χ2n) is 1.56. The maximum Gasteiger partial charge on any atom is 0.215 e. The Balaban J connectivity index is 2.53. The van der Waals surface area contributed by atoms with Gasteiger partial charge in [-0.15, -0.1) is 0 Å². The van der Waals surface area contributed by atoms with Gasteiger partial charge in [0.05, 0.1) is 27.3 Å². The molecule has 0 bridgehead atoms. The highest BCUT2D eigenvalue weighted by Crippen LogP contribution is 2.35. The van der Waals surface area contributed by atoms with Crippen LogP contribution >= 0.6 is 34.6 Å². The first kappa shape index (κ1) is 7.43. The van der Waals surface area contributed by atoms with Gasteiger partial charge in [0.15, 0.2) is 0 Å². The lowest BCUT2D eigenvalue weighted by molar-refractivity contribution is 0.673. The molecule has 1 heterocycles. The second kappa shape index (κ2) is 2.94. The molecule has 0 radical (unpaired) electrons. The van der Waals surface area contributed by atoms with Crippen LogP contribution in [0.5, 0.6) is 0 Å². The molecule has 0 aromatic carbocycles. The van der Waals surface area contributed by atoms with Crippen molar-refractivity contribution in [2.45, 2.75) is 12.3 Å². The fraction of sp³-hybridized carbons (Fsp3) is 0.667. The average molecular weight is 181 g/mol. The van der Waals surface area contributed by atoms with Crippen LogP contribution in [0.3, 0.4) is 0 Å². The molecule has 1 aliphatic heterocycles. The van der Waals surface area contributed by atoms with Gasteiger partial charge in [-0.3, -0.25) is 4.31 Å². The molecular formula is C3H7N3S3. The van der Waals surface area contributed by atoms with Gasteiger partial charge in [0.2, 0.25) is 5.96 Å². The van der Waals surface area contributed by atoms with E-state index < -0.39 is 0 Å². The molecule has 1 rings (SSSR count). The highest BCUT2D eigenvalue weighted by molar-refractivity contribution is 8.76. The van der Waals surface area contributed by atoms with Crippen LogP contribution in [0.1, 0.15) is 6.92 Å². The lowest BCUT2D eigenvalue weighted by atomic mass is 10.7. The Labute approximate surface area is 67.5 Å². The monoisotopic (exact) mass is 181 g/mol. The fourth-order valence-electron chi connectivity index (χ4n) is 0.423. The number of nitrogens with zero attached hydrogens (tertiary/aromatic N) is 2. The zero-order chi connectivity index (χ0) is 6.85. The van der Waals surface area contributed by atoms with E-state index in [1.54, 1.807) is 0 Å². The van der Waals surface area contributed by atoms with Crippen LogP contribution in [0.4, 0.5) is 0 Å². The third kappa shape index (κ3) is 1.62. The Bertz CT molecular complexity index is 134. The maximum atomic E-state index is 5.47. The van der Waals surface area contributed by atoms with Gasteiger partial charge in [0, 0.05) is 0 Å². The quantitative estimate of drug-likeness (QED) is 0.361. The highest BCUT2D eigenvalue weighted by Gasteiger charge is 2.18. The molecule has 2 N–H and O–H groups in total. The molecule has 0 saturated heterocycles. The van der Waals surface area contributed by atoms with Gasteiger partial charge in [-0.05, 0) is 6.92 Å². The summed E-state index contributed by atoms with van der Waals surface area (Å²) in [6.07, 6.45) is 0. The molecule has 0 fully saturated rings. The van der Waals surface area contributed by atoms with Gasteiger partial charge >= 0.3 is 0 Å². The largest absolute Gasteiger partial charge is 0.368 e. The molecule has 0 amide bonds. The van der Waals surface area contributed by atoms with Crippen molar-refractivity contribution in [1.82, 2.24) is 4.31 Å². The van der Waals surface area contributed by atoms with E-state index in [1.807, 2.05) is 11.2 Å². The Hall–Kier alpha value is 0.320. The summed E-state index contributed by atoms with van der Waals surface area (Å²) < 4.78 is 5.73. The standard InChI is InChI=1S/C3H7N3S3/c1-2(7)6-3(4)5-8-9-6/h2,7H,1H3,(H2,4,5). The normalized spacial score (nSPS) is 22.0. The van der Waals surface area contributed by atoms with Crippen LogP contribution in [-0.2, 0) is 0 Å². The lowest BCUT2D eigenvalue weighted by Gasteiger charge is -2.17. The summed E-state index contributed by atoms with van der Waals surface area (Å²) in [7, 11) is 2.88. The van der Waals surface area contributed by atoms with E-state index in [1.165, 1.54) is 22.0 Å². The zero-order valence-corrected chi connectivity index (χ0v) is 7.34. The molecule has 1 unspecified atom stereocenters. The molecular weight excluding hydrogens is 174 g/mol. The van der Waals surface area contributed by atoms with Gasteiger partial charge in [-0.25, -0.2) is 0 Å². The van der Waals surface area contributed by atoms with Crippen LogP contribution in [0.25, 0.3) is 0 Å². The van der Waals surface area contributed by atoms with Crippen LogP contribution in [0.15, 0.2) is 4.40 Å². The van der Waals surface area contributed by atoms with Crippen molar-refractivity contribution in [1.29, 1.82) is 0 Å². The lowest BCUT2D eigenvalue weighted by Crippen LogP contribution is -2.32. The summed E-state index contributed by atoms with van der Waals surface area (Å²) in [6.45, 7) is 1.95. The van der Waals surface area contributed by atoms with E-state index >= 15 is 0 Å². The van der Waals surface area contributed by atoms with E-state index in [0.29, 0.717) is 5.96 Å². The Kier molecular flexibility index (Phi) is 2.42. The van der Waals surface area contributed by atoms with Crippen LogP contribution < -0.4 is 5.73 Å². The first-order valence-electron chi connectivity index (χ1n) is 2.36. The highest BCUT2D eigenvalue weighted by atomic mass is 33.1. The number of guanidine groups is 1. The van der Waals surface area contributed by atoms with Crippen molar-refractivity contribution in [3.05, 3.63) is 0 Å². The van der Waals surface area contributed by atoms with Gasteiger partial charge < -0.3 is 5.73 Å². The Morgan fingerprint density at radius 2 is 2.56 bits per heavy atom. The number of hydrogen-bond donors (Lipinski definition) is 2. The van der Waals surface area contributed by atoms with Crippen molar-refractivity contribution in [2.24, 2.45) is 10.1 Å². The Morgan fingerprint density at radius 1 is 1.89 bits per heavy atom. The zero-order valence-electron chi connectivity index (χ0n) is 4.81. The van der Waals surface area contributed by atoms with Crippen LogP contribution in [0.2, 0.25) is 0 Å². The van der Waals surface area contributed by atoms with Crippen molar-refractivity contribution >= 4 is 40.5 Å². The summed E-state index contributed by atoms with van der Waals surface area (Å²) in [5.74, 6) is 0.549. The summed E-state index contributed by atoms with van der Waals surface area (Å²) in [4.78, 5) is 0. The maximum absolute atomic E-state index is 5.47. The summed E-state index contributed by atoms with van der Waals surface area (Å²) in [5, 5.41) is 0.133. The third-order valence-electron chi connectivity index (χ3n) is 0.810. The molecule has 0 spiro atoms. The van der Waals surface area contributed by atoms with E-state index in [2.05, 4.69) is 17.0 Å². The number of nitrogens with two attached hydrogens (primary N) is 1. The number of hydrogen-bond acceptors (Lipinski definition) is 6. The molecule has 6 heteroatoms. The summed E-state index contributed by atoms with van der Waals surface area (Å²) >= 11 is 4.18. The molecule has 1 atom stereocenters. The van der Waals surface area contributed by atoms with Crippen LogP contribution in [0, 0.1) is 0 Å². The number of thiol groups is 1. The first-order valence-corrected chi connectivity index (χ1v) is 4.94. The van der Waals surface area contributed by atoms with Crippen molar-refractivity contribution in [3.63, 3.8) is 0 Å². The summed E-state index contributed by atoms with van der Waals surface area (Å²) in [5.41, 5.74) is 5.47. The second-order valence-corrected chi connectivity index (χ2v) is 4.07. The van der Waals surface area contributed by atoms with Gasteiger partial charge in [0.25, 0.3) is 0 Å². The molecule has 1 aliphatic rings. The minimum Gasteiger partial charge on any atom is -0.368 e. The first-order chi connectivity index (χ1) is 4.22. The van der Waals surface area contributed by atoms with E-state index in [0.717, 1.165) is 0 Å². The topological polar surface area (TPSA) is 41.6 Å². The Morgan fingerprint density at radius 3 is 2.78 bits per heavy atom. The minimum atomic E-state index is 0.133. The van der Waals surface area contributed by atoms with Crippen LogP contribution in [-0.4, -0.2) is 15.6 Å². The SMILES string of the molecule is CC(S)N1SSN=C1N. The fourth-order valence-corrected chi connectivity index (χ4v) is 2.60. The minimum absolute atomic E-state index is 0.133. The molecule has 0 aromatic heterocycles. The van der Waals surface area contributed by atoms with Gasteiger partial charge in [-0.1, -0.05) is 0 Å². The van der Waals surface area contributed by atoms with Crippen molar-refractivity contribution in [3.8, 4) is 0 Å².